The molecule has 1 aliphatic rings. The van der Waals surface area contributed by atoms with Crippen molar-refractivity contribution in [2.24, 2.45) is 0 Å². The van der Waals surface area contributed by atoms with Crippen molar-refractivity contribution in [3.63, 3.8) is 0 Å². The van der Waals surface area contributed by atoms with Gasteiger partial charge in [-0.1, -0.05) is 15.9 Å². The molecule has 0 unspecified atom stereocenters. The maximum atomic E-state index is 13.1. The van der Waals surface area contributed by atoms with E-state index in [1.807, 2.05) is 0 Å². The largest absolute Gasteiger partial charge is 0.359 e. The summed E-state index contributed by atoms with van der Waals surface area (Å²) in [6.45, 7) is -1.05. The number of rotatable bonds is 4. The lowest BCUT2D eigenvalue weighted by Crippen LogP contribution is -2.56. The van der Waals surface area contributed by atoms with E-state index in [4.69, 9.17) is 0 Å². The number of carbonyl (C=O) groups excluding carboxylic acids is 1. The zero-order valence-corrected chi connectivity index (χ0v) is 14.3. The molecule has 9 heteroatoms. The molecular weight excluding hydrogens is 400 g/mol. The summed E-state index contributed by atoms with van der Waals surface area (Å²) in [4.78, 5) is 24.2. The number of nitro groups is 1. The SMILES string of the molecule is O=C(Nc1ccc(Br)cc1)c1cc([N+](=O)[O-])ccc1N1CC(F)(F)C1. The van der Waals surface area contributed by atoms with Crippen LogP contribution in [-0.4, -0.2) is 29.8 Å². The number of nitro benzene ring substituents is 1. The van der Waals surface area contributed by atoms with Crippen LogP contribution in [-0.2, 0) is 0 Å². The van der Waals surface area contributed by atoms with Crippen molar-refractivity contribution >= 4 is 38.9 Å². The van der Waals surface area contributed by atoms with Crippen molar-refractivity contribution in [3.05, 3.63) is 62.6 Å². The zero-order valence-electron chi connectivity index (χ0n) is 12.7. The van der Waals surface area contributed by atoms with Gasteiger partial charge in [0, 0.05) is 22.3 Å². The summed E-state index contributed by atoms with van der Waals surface area (Å²) < 4.78 is 27.1. The fourth-order valence-corrected chi connectivity index (χ4v) is 2.77. The van der Waals surface area contributed by atoms with E-state index in [9.17, 15) is 23.7 Å². The zero-order chi connectivity index (χ0) is 18.2. The Bertz CT molecular complexity index is 835. The summed E-state index contributed by atoms with van der Waals surface area (Å²) >= 11 is 3.27. The van der Waals surface area contributed by atoms with Crippen LogP contribution in [0.1, 0.15) is 10.4 Å². The van der Waals surface area contributed by atoms with E-state index in [0.29, 0.717) is 5.69 Å². The molecule has 2 aromatic rings. The first-order chi connectivity index (χ1) is 11.7. The van der Waals surface area contributed by atoms with Gasteiger partial charge in [-0.25, -0.2) is 8.78 Å². The van der Waals surface area contributed by atoms with E-state index < -0.39 is 29.8 Å². The Kier molecular flexibility index (Phi) is 4.42. The smallest absolute Gasteiger partial charge is 0.282 e. The molecule has 2 aromatic carbocycles. The first-order valence-corrected chi connectivity index (χ1v) is 8.03. The number of benzene rings is 2. The van der Waals surface area contributed by atoms with Crippen LogP contribution in [0.15, 0.2) is 46.9 Å². The van der Waals surface area contributed by atoms with Gasteiger partial charge in [-0.3, -0.25) is 14.9 Å². The number of non-ortho nitro benzene ring substituents is 1. The van der Waals surface area contributed by atoms with Gasteiger partial charge in [0.15, 0.2) is 0 Å². The monoisotopic (exact) mass is 411 g/mol. The van der Waals surface area contributed by atoms with Gasteiger partial charge in [0.25, 0.3) is 17.5 Å². The number of anilines is 2. The van der Waals surface area contributed by atoms with Gasteiger partial charge in [-0.05, 0) is 30.3 Å². The molecule has 0 atom stereocenters. The number of nitrogens with zero attached hydrogens (tertiary/aromatic N) is 2. The minimum atomic E-state index is -2.82. The lowest BCUT2D eigenvalue weighted by Gasteiger charge is -2.41. The second kappa shape index (κ2) is 6.40. The van der Waals surface area contributed by atoms with Gasteiger partial charge in [0.2, 0.25) is 0 Å². The van der Waals surface area contributed by atoms with Gasteiger partial charge in [-0.2, -0.15) is 0 Å². The third kappa shape index (κ3) is 3.76. The minimum Gasteiger partial charge on any atom is -0.359 e. The molecule has 1 aliphatic heterocycles. The highest BCUT2D eigenvalue weighted by Crippen LogP contribution is 2.35. The summed E-state index contributed by atoms with van der Waals surface area (Å²) in [5.41, 5.74) is 0.426. The van der Waals surface area contributed by atoms with Gasteiger partial charge in [0.1, 0.15) is 0 Å². The highest BCUT2D eigenvalue weighted by Gasteiger charge is 2.45. The highest BCUT2D eigenvalue weighted by atomic mass is 79.9. The maximum absolute atomic E-state index is 13.1. The van der Waals surface area contributed by atoms with E-state index in [1.54, 1.807) is 24.3 Å². The summed E-state index contributed by atoms with van der Waals surface area (Å²) in [6, 6.07) is 10.4. The molecule has 1 heterocycles. The molecular formula is C16H12BrF2N3O3. The lowest BCUT2D eigenvalue weighted by atomic mass is 10.0. The van der Waals surface area contributed by atoms with Gasteiger partial charge in [0.05, 0.1) is 29.3 Å². The molecule has 6 nitrogen and oxygen atoms in total. The molecule has 130 valence electrons. The van der Waals surface area contributed by atoms with E-state index in [1.165, 1.54) is 17.0 Å². The summed E-state index contributed by atoms with van der Waals surface area (Å²) in [7, 11) is 0. The van der Waals surface area contributed by atoms with Crippen molar-refractivity contribution in [1.29, 1.82) is 0 Å². The fraction of sp³-hybridized carbons (Fsp3) is 0.188. The van der Waals surface area contributed by atoms with Crippen LogP contribution >= 0.6 is 15.9 Å². The van der Waals surface area contributed by atoms with Crippen LogP contribution in [0.5, 0.6) is 0 Å². The van der Waals surface area contributed by atoms with Crippen LogP contribution in [0, 0.1) is 10.1 Å². The quantitative estimate of drug-likeness (QED) is 0.607. The minimum absolute atomic E-state index is 0.0207. The predicted octanol–water partition coefficient (Wildman–Crippen LogP) is 4.06. The first-order valence-electron chi connectivity index (χ1n) is 7.23. The number of hydrogen-bond donors (Lipinski definition) is 1. The van der Waals surface area contributed by atoms with Crippen molar-refractivity contribution in [2.45, 2.75) is 5.92 Å². The molecule has 1 fully saturated rings. The van der Waals surface area contributed by atoms with Crippen molar-refractivity contribution in [2.75, 3.05) is 23.3 Å². The normalized spacial score (nSPS) is 15.4. The Morgan fingerprint density at radius 1 is 1.20 bits per heavy atom. The van der Waals surface area contributed by atoms with Crippen molar-refractivity contribution in [3.8, 4) is 0 Å². The second-order valence-corrected chi connectivity index (χ2v) is 6.55. The summed E-state index contributed by atoms with van der Waals surface area (Å²) in [5, 5.41) is 13.6. The van der Waals surface area contributed by atoms with Gasteiger partial charge < -0.3 is 10.2 Å². The lowest BCUT2D eigenvalue weighted by molar-refractivity contribution is -0.384. The average molecular weight is 412 g/mol. The molecule has 1 N–H and O–H groups in total. The molecule has 3 rings (SSSR count). The van der Waals surface area contributed by atoms with E-state index >= 15 is 0 Å². The van der Waals surface area contributed by atoms with E-state index in [2.05, 4.69) is 21.2 Å². The molecule has 1 amide bonds. The van der Waals surface area contributed by atoms with Gasteiger partial charge in [-0.15, -0.1) is 0 Å². The Morgan fingerprint density at radius 2 is 1.84 bits per heavy atom. The van der Waals surface area contributed by atoms with Crippen LogP contribution < -0.4 is 10.2 Å². The number of alkyl halides is 2. The number of amides is 1. The molecule has 1 saturated heterocycles. The molecule has 0 saturated carbocycles. The Labute approximate surface area is 149 Å². The van der Waals surface area contributed by atoms with Crippen molar-refractivity contribution in [1.82, 2.24) is 0 Å². The van der Waals surface area contributed by atoms with Gasteiger partial charge >= 0.3 is 0 Å². The van der Waals surface area contributed by atoms with Crippen LogP contribution in [0.3, 0.4) is 0 Å². The number of nitrogens with one attached hydrogen (secondary N) is 1. The van der Waals surface area contributed by atoms with Crippen LogP contribution in [0.25, 0.3) is 0 Å². The summed E-state index contributed by atoms with van der Waals surface area (Å²) in [5.74, 6) is -3.42. The standard InChI is InChI=1S/C16H12BrF2N3O3/c17-10-1-3-11(4-2-10)20-15(23)13-7-12(22(24)25)5-6-14(13)21-8-16(18,19)9-21/h1-7H,8-9H2,(H,20,23). The van der Waals surface area contributed by atoms with E-state index in [0.717, 1.165) is 10.5 Å². The molecule has 0 aromatic heterocycles. The Hall–Kier alpha value is -2.55. The second-order valence-electron chi connectivity index (χ2n) is 5.63. The highest BCUT2D eigenvalue weighted by molar-refractivity contribution is 9.10. The van der Waals surface area contributed by atoms with Crippen molar-refractivity contribution < 1.29 is 18.5 Å². The average Bonchev–Trinajstić information content (AvgIpc) is 2.54. The number of hydrogen-bond acceptors (Lipinski definition) is 4. The molecule has 0 aliphatic carbocycles. The fourth-order valence-electron chi connectivity index (χ4n) is 2.51. The molecule has 0 bridgehead atoms. The summed E-state index contributed by atoms with van der Waals surface area (Å²) in [6.07, 6.45) is 0. The predicted molar refractivity (Wildman–Crippen MR) is 92.4 cm³/mol. The van der Waals surface area contributed by atoms with Crippen LogP contribution in [0.4, 0.5) is 25.8 Å². The van der Waals surface area contributed by atoms with E-state index in [-0.39, 0.29) is 16.9 Å². The molecule has 0 radical (unpaired) electrons. The maximum Gasteiger partial charge on any atom is 0.282 e. The number of carbonyl (C=O) groups is 1. The Morgan fingerprint density at radius 3 is 2.40 bits per heavy atom. The molecule has 25 heavy (non-hydrogen) atoms. The topological polar surface area (TPSA) is 75.5 Å². The Balaban J connectivity index is 1.91. The number of halogens is 3. The van der Waals surface area contributed by atoms with Crippen LogP contribution in [0.2, 0.25) is 0 Å². The first kappa shape index (κ1) is 17.3. The third-order valence-corrected chi connectivity index (χ3v) is 4.25. The molecule has 0 spiro atoms. The third-order valence-electron chi connectivity index (χ3n) is 3.72.